The van der Waals surface area contributed by atoms with Gasteiger partial charge in [-0.05, 0) is 45.9 Å². The van der Waals surface area contributed by atoms with Gasteiger partial charge >= 0.3 is 6.09 Å². The summed E-state index contributed by atoms with van der Waals surface area (Å²) in [5.74, 6) is -0.423. The minimum Gasteiger partial charge on any atom is -0.444 e. The van der Waals surface area contributed by atoms with Gasteiger partial charge in [0.05, 0.1) is 23.3 Å². The number of carbonyl (C=O) groups is 1. The van der Waals surface area contributed by atoms with Gasteiger partial charge in [-0.2, -0.15) is 0 Å². The van der Waals surface area contributed by atoms with Crippen LogP contribution >= 0.6 is 0 Å². The molecule has 0 radical (unpaired) electrons. The lowest BCUT2D eigenvalue weighted by Gasteiger charge is -2.20. The maximum Gasteiger partial charge on any atom is 0.412 e. The van der Waals surface area contributed by atoms with Gasteiger partial charge in [0.2, 0.25) is 0 Å². The summed E-state index contributed by atoms with van der Waals surface area (Å²) in [5.41, 5.74) is 1.74. The van der Waals surface area contributed by atoms with E-state index in [1.165, 1.54) is 12.3 Å². The lowest BCUT2D eigenvalue weighted by molar-refractivity contribution is 0.0635. The molecular formula is C16H18FN3O2. The van der Waals surface area contributed by atoms with Crippen LogP contribution < -0.4 is 5.32 Å². The van der Waals surface area contributed by atoms with Gasteiger partial charge in [-0.3, -0.25) is 15.3 Å². The predicted molar refractivity (Wildman–Crippen MR) is 82.0 cm³/mol. The normalized spacial score (nSPS) is 11.1. The van der Waals surface area contributed by atoms with E-state index in [-0.39, 0.29) is 0 Å². The van der Waals surface area contributed by atoms with E-state index in [4.69, 9.17) is 4.74 Å². The van der Waals surface area contributed by atoms with Crippen LogP contribution in [0.5, 0.6) is 0 Å². The number of nitrogens with one attached hydrogen (secondary N) is 1. The Bertz CT molecular complexity index is 696. The number of aromatic nitrogens is 2. The fraction of sp³-hybridized carbons (Fsp3) is 0.312. The molecule has 0 fully saturated rings. The summed E-state index contributed by atoms with van der Waals surface area (Å²) in [6.07, 6.45) is 2.12. The minimum atomic E-state index is -0.571. The maximum absolute atomic E-state index is 13.2. The van der Waals surface area contributed by atoms with Crippen LogP contribution in [0.2, 0.25) is 0 Å². The Morgan fingerprint density at radius 1 is 1.27 bits per heavy atom. The number of rotatable bonds is 2. The maximum atomic E-state index is 13.2. The van der Waals surface area contributed by atoms with Crippen molar-refractivity contribution in [1.82, 2.24) is 9.97 Å². The number of hydrogen-bond donors (Lipinski definition) is 1. The number of ether oxygens (including phenoxy) is 1. The lowest BCUT2D eigenvalue weighted by atomic mass is 10.1. The number of hydrogen-bond acceptors (Lipinski definition) is 4. The molecule has 0 saturated carbocycles. The number of anilines is 1. The van der Waals surface area contributed by atoms with Crippen molar-refractivity contribution in [2.75, 3.05) is 5.32 Å². The van der Waals surface area contributed by atoms with E-state index in [2.05, 4.69) is 15.3 Å². The van der Waals surface area contributed by atoms with Gasteiger partial charge in [0, 0.05) is 11.8 Å². The highest BCUT2D eigenvalue weighted by molar-refractivity contribution is 5.85. The van der Waals surface area contributed by atoms with Crippen molar-refractivity contribution in [3.8, 4) is 11.3 Å². The predicted octanol–water partition coefficient (Wildman–Crippen LogP) is 3.94. The van der Waals surface area contributed by atoms with Gasteiger partial charge in [0.15, 0.2) is 0 Å². The average molecular weight is 303 g/mol. The first-order valence-corrected chi connectivity index (χ1v) is 6.83. The van der Waals surface area contributed by atoms with E-state index in [0.717, 1.165) is 6.20 Å². The molecule has 2 aromatic rings. The first-order valence-electron chi connectivity index (χ1n) is 6.83. The fourth-order valence-corrected chi connectivity index (χ4v) is 1.82. The molecule has 0 aromatic carbocycles. The molecule has 2 rings (SSSR count). The smallest absolute Gasteiger partial charge is 0.412 e. The molecule has 6 heteroatoms. The summed E-state index contributed by atoms with van der Waals surface area (Å²) in [4.78, 5) is 19.9. The summed E-state index contributed by atoms with van der Waals surface area (Å²) >= 11 is 0. The van der Waals surface area contributed by atoms with Gasteiger partial charge < -0.3 is 4.74 Å². The minimum absolute atomic E-state index is 0.423. The van der Waals surface area contributed by atoms with Crippen molar-refractivity contribution >= 4 is 11.8 Å². The second kappa shape index (κ2) is 6.09. The number of carbonyl (C=O) groups excluding carboxylic acids is 1. The molecule has 116 valence electrons. The second-order valence-electron chi connectivity index (χ2n) is 5.85. The summed E-state index contributed by atoms with van der Waals surface area (Å²) < 4.78 is 18.4. The fourth-order valence-electron chi connectivity index (χ4n) is 1.82. The monoisotopic (exact) mass is 303 g/mol. The molecule has 2 aromatic heterocycles. The molecule has 0 aliphatic rings. The summed E-state index contributed by atoms with van der Waals surface area (Å²) in [7, 11) is 0. The quantitative estimate of drug-likeness (QED) is 0.912. The molecule has 0 spiro atoms. The van der Waals surface area contributed by atoms with Gasteiger partial charge in [-0.15, -0.1) is 0 Å². The van der Waals surface area contributed by atoms with Gasteiger partial charge in [-0.25, -0.2) is 9.18 Å². The van der Waals surface area contributed by atoms with Crippen molar-refractivity contribution in [3.63, 3.8) is 0 Å². The van der Waals surface area contributed by atoms with E-state index in [9.17, 15) is 9.18 Å². The first-order chi connectivity index (χ1) is 10.2. The SMILES string of the molecule is Cc1nc(-c2cncc(F)c2)ccc1NC(=O)OC(C)(C)C. The van der Waals surface area contributed by atoms with Crippen LogP contribution in [0.4, 0.5) is 14.9 Å². The van der Waals surface area contributed by atoms with Crippen LogP contribution in [-0.2, 0) is 4.74 Å². The van der Waals surface area contributed by atoms with Gasteiger partial charge in [0.1, 0.15) is 11.4 Å². The zero-order chi connectivity index (χ0) is 16.3. The number of nitrogens with zero attached hydrogens (tertiary/aromatic N) is 2. The third kappa shape index (κ3) is 4.25. The van der Waals surface area contributed by atoms with Crippen molar-refractivity contribution < 1.29 is 13.9 Å². The number of halogens is 1. The highest BCUT2D eigenvalue weighted by Gasteiger charge is 2.17. The Morgan fingerprint density at radius 3 is 2.59 bits per heavy atom. The Labute approximate surface area is 128 Å². The largest absolute Gasteiger partial charge is 0.444 e. The second-order valence-corrected chi connectivity index (χ2v) is 5.85. The van der Waals surface area contributed by atoms with Crippen LogP contribution in [0.25, 0.3) is 11.3 Å². The Kier molecular flexibility index (Phi) is 4.40. The van der Waals surface area contributed by atoms with Crippen molar-refractivity contribution in [2.24, 2.45) is 0 Å². The standard InChI is InChI=1S/C16H18FN3O2/c1-10-13(20-15(21)22-16(2,3)4)5-6-14(19-10)11-7-12(17)9-18-8-11/h5-9H,1-4H3,(H,20,21). The third-order valence-electron chi connectivity index (χ3n) is 2.72. The average Bonchev–Trinajstić information content (AvgIpc) is 2.39. The van der Waals surface area contributed by atoms with Crippen molar-refractivity contribution in [3.05, 3.63) is 42.1 Å². The summed E-state index contributed by atoms with van der Waals surface area (Å²) in [6, 6.07) is 4.75. The van der Waals surface area contributed by atoms with Crippen LogP contribution in [0.15, 0.2) is 30.6 Å². The topological polar surface area (TPSA) is 64.1 Å². The number of amides is 1. The van der Waals surface area contributed by atoms with Crippen LogP contribution in [-0.4, -0.2) is 21.7 Å². The van der Waals surface area contributed by atoms with Crippen LogP contribution in [0, 0.1) is 12.7 Å². The molecule has 2 heterocycles. The molecule has 0 unspecified atom stereocenters. The highest BCUT2D eigenvalue weighted by atomic mass is 19.1. The molecule has 0 aliphatic heterocycles. The zero-order valence-corrected chi connectivity index (χ0v) is 13.0. The van der Waals surface area contributed by atoms with E-state index < -0.39 is 17.5 Å². The third-order valence-corrected chi connectivity index (χ3v) is 2.72. The van der Waals surface area contributed by atoms with E-state index in [1.807, 2.05) is 0 Å². The lowest BCUT2D eigenvalue weighted by Crippen LogP contribution is -2.27. The molecule has 0 atom stereocenters. The molecule has 1 amide bonds. The Balaban J connectivity index is 2.18. The Hall–Kier alpha value is -2.50. The Morgan fingerprint density at radius 2 is 2.00 bits per heavy atom. The van der Waals surface area contributed by atoms with Gasteiger partial charge in [-0.1, -0.05) is 0 Å². The molecule has 0 aliphatic carbocycles. The van der Waals surface area contributed by atoms with Crippen LogP contribution in [0.3, 0.4) is 0 Å². The highest BCUT2D eigenvalue weighted by Crippen LogP contribution is 2.22. The molecule has 22 heavy (non-hydrogen) atoms. The van der Waals surface area contributed by atoms with Crippen LogP contribution in [0.1, 0.15) is 26.5 Å². The van der Waals surface area contributed by atoms with Gasteiger partial charge in [0.25, 0.3) is 0 Å². The zero-order valence-electron chi connectivity index (χ0n) is 13.0. The first kappa shape index (κ1) is 15.9. The van der Waals surface area contributed by atoms with E-state index >= 15 is 0 Å². The number of pyridine rings is 2. The van der Waals surface area contributed by atoms with E-state index in [1.54, 1.807) is 39.8 Å². The number of aryl methyl sites for hydroxylation is 1. The van der Waals surface area contributed by atoms with Crippen molar-refractivity contribution in [2.45, 2.75) is 33.3 Å². The molecule has 5 nitrogen and oxygen atoms in total. The van der Waals surface area contributed by atoms with Crippen molar-refractivity contribution in [1.29, 1.82) is 0 Å². The van der Waals surface area contributed by atoms with E-state index in [0.29, 0.717) is 22.6 Å². The molecule has 0 saturated heterocycles. The summed E-state index contributed by atoms with van der Waals surface area (Å²) in [6.45, 7) is 7.12. The molecule has 1 N–H and O–H groups in total. The molecule has 0 bridgehead atoms. The summed E-state index contributed by atoms with van der Waals surface area (Å²) in [5, 5.41) is 2.64. The molecular weight excluding hydrogens is 285 g/mol.